The lowest BCUT2D eigenvalue weighted by molar-refractivity contribution is -0.0581. The lowest BCUT2D eigenvalue weighted by Crippen LogP contribution is -2.51. The Hall–Kier alpha value is -1.43. The number of allylic oxidation sites excluding steroid dienone is 1. The molecule has 0 aliphatic heterocycles. The molecule has 1 N–H and O–H groups in total. The van der Waals surface area contributed by atoms with Crippen LogP contribution in [0, 0.1) is 63.6 Å². The van der Waals surface area contributed by atoms with Crippen LogP contribution in [0.4, 0.5) is 4.79 Å². The molecule has 0 bridgehead atoms. The minimum atomic E-state index is -0.316. The lowest BCUT2D eigenvalue weighted by atomic mass is 9.47. The minimum absolute atomic E-state index is 0.00198. The Kier molecular flexibility index (Phi) is 9.01. The van der Waals surface area contributed by atoms with Gasteiger partial charge in [0.25, 0.3) is 0 Å². The molecule has 38 heavy (non-hydrogen) atoms. The third-order valence-corrected chi connectivity index (χ3v) is 11.3. The predicted octanol–water partition coefficient (Wildman–Crippen LogP) is 9.17. The molecule has 0 aromatic rings. The summed E-state index contributed by atoms with van der Waals surface area (Å²) < 4.78 is 5.87. The van der Waals surface area contributed by atoms with Crippen molar-refractivity contribution in [1.82, 2.24) is 5.32 Å². The first kappa shape index (κ1) is 29.6. The zero-order chi connectivity index (χ0) is 27.7. The van der Waals surface area contributed by atoms with Crippen molar-refractivity contribution in [2.75, 3.05) is 6.54 Å². The first-order chi connectivity index (χ1) is 17.8. The number of ether oxygens (including phenoxy) is 1. The molecule has 214 valence electrons. The van der Waals surface area contributed by atoms with Gasteiger partial charge in [-0.25, -0.2) is 4.79 Å². The lowest BCUT2D eigenvalue weighted by Gasteiger charge is -2.58. The van der Waals surface area contributed by atoms with Crippen molar-refractivity contribution in [3.05, 3.63) is 11.6 Å². The number of carbonyl (C=O) groups is 1. The number of carbonyl (C=O) groups excluding carboxylic acids is 1. The zero-order valence-corrected chi connectivity index (χ0v) is 25.9. The molecule has 4 aliphatic rings. The number of alkyl carbamates (subject to hydrolysis) is 1. The fourth-order valence-electron chi connectivity index (χ4n) is 9.37. The van der Waals surface area contributed by atoms with Crippen molar-refractivity contribution in [2.24, 2.45) is 51.8 Å². The Morgan fingerprint density at radius 3 is 2.55 bits per heavy atom. The maximum atomic E-state index is 12.4. The highest BCUT2D eigenvalue weighted by atomic mass is 16.6. The van der Waals surface area contributed by atoms with E-state index in [1.54, 1.807) is 5.57 Å². The summed E-state index contributed by atoms with van der Waals surface area (Å²) in [6.07, 6.45) is 16.5. The van der Waals surface area contributed by atoms with E-state index in [9.17, 15) is 4.79 Å². The van der Waals surface area contributed by atoms with Crippen LogP contribution in [0.1, 0.15) is 126 Å². The normalized spacial score (nSPS) is 37.2. The summed E-state index contributed by atoms with van der Waals surface area (Å²) >= 11 is 0. The Morgan fingerprint density at radius 1 is 1.08 bits per heavy atom. The van der Waals surface area contributed by atoms with E-state index in [4.69, 9.17) is 4.74 Å². The molecular weight excluding hydrogens is 466 g/mol. The largest absolute Gasteiger partial charge is 0.446 e. The molecule has 4 aliphatic carbocycles. The number of amides is 1. The van der Waals surface area contributed by atoms with Crippen LogP contribution in [-0.4, -0.2) is 18.7 Å². The third kappa shape index (κ3) is 6.31. The monoisotopic (exact) mass is 523 g/mol. The van der Waals surface area contributed by atoms with E-state index in [1.807, 2.05) is 0 Å². The van der Waals surface area contributed by atoms with Crippen molar-refractivity contribution in [3.8, 4) is 11.8 Å². The van der Waals surface area contributed by atoms with E-state index >= 15 is 0 Å². The molecule has 2 unspecified atom stereocenters. The van der Waals surface area contributed by atoms with Crippen molar-refractivity contribution in [1.29, 1.82) is 0 Å². The van der Waals surface area contributed by atoms with Gasteiger partial charge >= 0.3 is 6.09 Å². The molecule has 0 spiro atoms. The number of hydrogen-bond acceptors (Lipinski definition) is 2. The van der Waals surface area contributed by atoms with E-state index in [1.165, 1.54) is 51.4 Å². The second-order valence-electron chi connectivity index (χ2n) is 15.5. The Bertz CT molecular complexity index is 932. The van der Waals surface area contributed by atoms with Gasteiger partial charge in [-0.3, -0.25) is 0 Å². The Morgan fingerprint density at radius 2 is 1.84 bits per heavy atom. The molecule has 0 radical (unpaired) electrons. The first-order valence-corrected chi connectivity index (χ1v) is 16.0. The maximum absolute atomic E-state index is 12.4. The average Bonchev–Trinajstić information content (AvgIpc) is 3.18. The summed E-state index contributed by atoms with van der Waals surface area (Å²) in [5.74, 6) is 11.4. The van der Waals surface area contributed by atoms with Gasteiger partial charge in [-0.05, 0) is 112 Å². The number of nitrogens with one attached hydrogen (secondary N) is 1. The van der Waals surface area contributed by atoms with Crippen LogP contribution in [0.25, 0.3) is 0 Å². The van der Waals surface area contributed by atoms with Gasteiger partial charge in [-0.2, -0.15) is 0 Å². The minimum Gasteiger partial charge on any atom is -0.446 e. The molecule has 3 saturated carbocycles. The van der Waals surface area contributed by atoms with Crippen LogP contribution in [0.5, 0.6) is 0 Å². The van der Waals surface area contributed by atoms with Crippen molar-refractivity contribution < 1.29 is 9.53 Å². The van der Waals surface area contributed by atoms with Gasteiger partial charge in [0.05, 0.1) is 6.54 Å². The molecule has 0 aromatic heterocycles. The second kappa shape index (κ2) is 11.6. The summed E-state index contributed by atoms with van der Waals surface area (Å²) in [7, 11) is 0. The van der Waals surface area contributed by atoms with Gasteiger partial charge < -0.3 is 10.1 Å². The molecule has 3 fully saturated rings. The third-order valence-electron chi connectivity index (χ3n) is 11.3. The SMILES string of the molecule is CC(C)CCCC(C)[C@H]1CC[C@H]2[C@H]3CC=C4CC(OC(=O)NCC#CC(C)(C)C)CC[C@]4(C)[C@H]3CC[C@]12C. The number of hydrogen-bond donors (Lipinski definition) is 1. The summed E-state index contributed by atoms with van der Waals surface area (Å²) in [5.41, 5.74) is 2.36. The zero-order valence-electron chi connectivity index (χ0n) is 25.9. The molecule has 4 rings (SSSR count). The van der Waals surface area contributed by atoms with Crippen LogP contribution in [0.2, 0.25) is 0 Å². The van der Waals surface area contributed by atoms with Crippen molar-refractivity contribution in [3.63, 3.8) is 0 Å². The quantitative estimate of drug-likeness (QED) is 0.267. The Labute approximate surface area is 234 Å². The number of rotatable bonds is 7. The molecule has 0 heterocycles. The van der Waals surface area contributed by atoms with Crippen LogP contribution in [0.3, 0.4) is 0 Å². The fourth-order valence-corrected chi connectivity index (χ4v) is 9.37. The molecular formula is C35H57NO2. The average molecular weight is 524 g/mol. The summed E-state index contributed by atoms with van der Waals surface area (Å²) in [6.45, 7) is 19.1. The van der Waals surface area contributed by atoms with Gasteiger partial charge in [0.1, 0.15) is 6.10 Å². The van der Waals surface area contributed by atoms with E-state index in [2.05, 4.69) is 78.6 Å². The van der Waals surface area contributed by atoms with E-state index in [0.29, 0.717) is 17.4 Å². The van der Waals surface area contributed by atoms with E-state index in [0.717, 1.165) is 54.8 Å². The first-order valence-electron chi connectivity index (χ1n) is 16.0. The number of fused-ring (bicyclic) bond motifs is 5. The van der Waals surface area contributed by atoms with Crippen LogP contribution < -0.4 is 5.32 Å². The van der Waals surface area contributed by atoms with Gasteiger partial charge in [0.15, 0.2) is 0 Å². The van der Waals surface area contributed by atoms with E-state index < -0.39 is 0 Å². The van der Waals surface area contributed by atoms with Crippen LogP contribution in [0.15, 0.2) is 11.6 Å². The molecule has 3 nitrogen and oxygen atoms in total. The maximum Gasteiger partial charge on any atom is 0.408 e. The van der Waals surface area contributed by atoms with Crippen molar-refractivity contribution in [2.45, 2.75) is 132 Å². The standard InChI is InChI=1S/C35H57NO2/c1-24(2)11-9-12-25(3)29-15-16-30-28-14-13-26-23-27(38-32(37)36-22-10-19-33(4,5)6)17-20-34(26,7)31(28)18-21-35(29,30)8/h13,24-25,27-31H,9,11-12,14-18,20-23H2,1-8H3,(H,36,37)/t25?,27?,28-,29-,30+,31+,34+,35-/m1/s1. The van der Waals surface area contributed by atoms with Crippen molar-refractivity contribution >= 4 is 6.09 Å². The highest BCUT2D eigenvalue weighted by molar-refractivity contribution is 5.67. The highest BCUT2D eigenvalue weighted by Crippen LogP contribution is 2.67. The molecule has 1 amide bonds. The molecule has 3 heteroatoms. The topological polar surface area (TPSA) is 38.3 Å². The second-order valence-corrected chi connectivity index (χ2v) is 15.5. The molecule has 8 atom stereocenters. The fraction of sp³-hybridized carbons (Fsp3) is 0.857. The van der Waals surface area contributed by atoms with E-state index in [-0.39, 0.29) is 17.6 Å². The van der Waals surface area contributed by atoms with Crippen LogP contribution >= 0.6 is 0 Å². The van der Waals surface area contributed by atoms with Gasteiger partial charge in [-0.1, -0.05) is 77.4 Å². The van der Waals surface area contributed by atoms with Gasteiger partial charge in [0, 0.05) is 11.8 Å². The predicted molar refractivity (Wildman–Crippen MR) is 159 cm³/mol. The molecule has 0 aromatic carbocycles. The van der Waals surface area contributed by atoms with Crippen LogP contribution in [-0.2, 0) is 4.74 Å². The van der Waals surface area contributed by atoms with Gasteiger partial charge in [-0.15, -0.1) is 0 Å². The van der Waals surface area contributed by atoms with Gasteiger partial charge in [0.2, 0.25) is 0 Å². The summed E-state index contributed by atoms with van der Waals surface area (Å²) in [5, 5.41) is 2.84. The highest BCUT2D eigenvalue weighted by Gasteiger charge is 2.59. The smallest absolute Gasteiger partial charge is 0.408 e. The Balaban J connectivity index is 1.36. The molecule has 0 saturated heterocycles. The summed E-state index contributed by atoms with van der Waals surface area (Å²) in [4.78, 5) is 12.4. The summed E-state index contributed by atoms with van der Waals surface area (Å²) in [6, 6.07) is 0.